The highest BCUT2D eigenvalue weighted by Crippen LogP contribution is 2.14. The van der Waals surface area contributed by atoms with Crippen LogP contribution in [0.1, 0.15) is 0 Å². The average Bonchev–Trinajstić information content (AvgIpc) is 2.75. The van der Waals surface area contributed by atoms with Crippen LogP contribution in [-0.2, 0) is 0 Å². The molecule has 7 heteroatoms. The van der Waals surface area contributed by atoms with Gasteiger partial charge in [-0.2, -0.15) is 0 Å². The summed E-state index contributed by atoms with van der Waals surface area (Å²) < 4.78 is 4.91. The standard InChI is InChI=1S/C11H11ClN4O2/c1-18-10-3-2-8(6-14-10)15-11(17)16-9-4-7(12)5-13-9/h2-6,13H,1H3,(H2,15,16,17). The lowest BCUT2D eigenvalue weighted by atomic mass is 10.4. The molecule has 6 nitrogen and oxygen atoms in total. The van der Waals surface area contributed by atoms with E-state index in [1.54, 1.807) is 24.4 Å². The monoisotopic (exact) mass is 266 g/mol. The van der Waals surface area contributed by atoms with Crippen molar-refractivity contribution in [1.29, 1.82) is 0 Å². The minimum absolute atomic E-state index is 0.388. The number of nitrogens with zero attached hydrogens (tertiary/aromatic N) is 1. The Labute approximate surface area is 108 Å². The number of amides is 2. The lowest BCUT2D eigenvalue weighted by Gasteiger charge is -2.06. The number of hydrogen-bond donors (Lipinski definition) is 3. The third kappa shape index (κ3) is 3.14. The van der Waals surface area contributed by atoms with Crippen molar-refractivity contribution < 1.29 is 9.53 Å². The van der Waals surface area contributed by atoms with Gasteiger partial charge in [-0.1, -0.05) is 11.6 Å². The Kier molecular flexibility index (Phi) is 3.69. The molecule has 0 aliphatic rings. The Morgan fingerprint density at radius 3 is 2.83 bits per heavy atom. The van der Waals surface area contributed by atoms with Crippen molar-refractivity contribution in [3.63, 3.8) is 0 Å². The maximum atomic E-state index is 11.6. The minimum atomic E-state index is -0.388. The number of aromatic amines is 1. The van der Waals surface area contributed by atoms with Crippen molar-refractivity contribution in [3.05, 3.63) is 35.6 Å². The van der Waals surface area contributed by atoms with Gasteiger partial charge in [0.25, 0.3) is 0 Å². The second-order valence-corrected chi connectivity index (χ2v) is 3.84. The highest BCUT2D eigenvalue weighted by atomic mass is 35.5. The van der Waals surface area contributed by atoms with Crippen molar-refractivity contribution in [2.45, 2.75) is 0 Å². The summed E-state index contributed by atoms with van der Waals surface area (Å²) in [6.45, 7) is 0. The molecule has 2 heterocycles. The van der Waals surface area contributed by atoms with Crippen LogP contribution in [0.5, 0.6) is 5.88 Å². The van der Waals surface area contributed by atoms with E-state index in [1.807, 2.05) is 0 Å². The number of anilines is 2. The number of ether oxygens (including phenoxy) is 1. The van der Waals surface area contributed by atoms with Gasteiger partial charge in [0.15, 0.2) is 0 Å². The number of pyridine rings is 1. The molecule has 0 atom stereocenters. The zero-order valence-corrected chi connectivity index (χ0v) is 10.3. The number of nitrogens with one attached hydrogen (secondary N) is 3. The van der Waals surface area contributed by atoms with E-state index in [0.29, 0.717) is 22.4 Å². The number of aromatic nitrogens is 2. The molecule has 0 fully saturated rings. The zero-order chi connectivity index (χ0) is 13.0. The fourth-order valence-electron chi connectivity index (χ4n) is 1.30. The molecule has 3 N–H and O–H groups in total. The first-order valence-corrected chi connectivity index (χ1v) is 5.47. The normalized spacial score (nSPS) is 9.89. The summed E-state index contributed by atoms with van der Waals surface area (Å²) in [4.78, 5) is 18.4. The summed E-state index contributed by atoms with van der Waals surface area (Å²) in [6, 6.07) is 4.56. The topological polar surface area (TPSA) is 79.0 Å². The zero-order valence-electron chi connectivity index (χ0n) is 9.53. The van der Waals surface area contributed by atoms with Crippen LogP contribution in [0.3, 0.4) is 0 Å². The molecular formula is C11H11ClN4O2. The smallest absolute Gasteiger partial charge is 0.324 e. The van der Waals surface area contributed by atoms with Crippen LogP contribution in [0.15, 0.2) is 30.6 Å². The number of H-pyrrole nitrogens is 1. The third-order valence-electron chi connectivity index (χ3n) is 2.10. The molecule has 0 saturated heterocycles. The van der Waals surface area contributed by atoms with Crippen LogP contribution in [0.25, 0.3) is 0 Å². The van der Waals surface area contributed by atoms with E-state index in [1.165, 1.54) is 13.3 Å². The molecule has 0 bridgehead atoms. The van der Waals surface area contributed by atoms with Gasteiger partial charge in [-0.3, -0.25) is 5.32 Å². The van der Waals surface area contributed by atoms with Gasteiger partial charge in [0.1, 0.15) is 5.82 Å². The first kappa shape index (κ1) is 12.3. The summed E-state index contributed by atoms with van der Waals surface area (Å²) >= 11 is 5.71. The predicted molar refractivity (Wildman–Crippen MR) is 69.2 cm³/mol. The second kappa shape index (κ2) is 5.42. The number of rotatable bonds is 3. The van der Waals surface area contributed by atoms with Crippen LogP contribution in [0.2, 0.25) is 5.02 Å². The van der Waals surface area contributed by atoms with Crippen LogP contribution in [0.4, 0.5) is 16.3 Å². The van der Waals surface area contributed by atoms with Crippen LogP contribution < -0.4 is 15.4 Å². The highest BCUT2D eigenvalue weighted by Gasteiger charge is 2.04. The van der Waals surface area contributed by atoms with Crippen molar-refractivity contribution in [3.8, 4) is 5.88 Å². The van der Waals surface area contributed by atoms with Crippen molar-refractivity contribution in [1.82, 2.24) is 9.97 Å². The number of hydrogen-bond acceptors (Lipinski definition) is 3. The van der Waals surface area contributed by atoms with Crippen molar-refractivity contribution in [2.24, 2.45) is 0 Å². The van der Waals surface area contributed by atoms with Gasteiger partial charge < -0.3 is 15.0 Å². The molecular weight excluding hydrogens is 256 g/mol. The molecule has 0 aromatic carbocycles. The average molecular weight is 267 g/mol. The summed E-state index contributed by atoms with van der Waals surface area (Å²) in [5.41, 5.74) is 0.561. The molecule has 2 rings (SSSR count). The SMILES string of the molecule is COc1ccc(NC(=O)Nc2cc(Cl)c[nH]2)cn1. The molecule has 2 aromatic rings. The number of halogens is 1. The van der Waals surface area contributed by atoms with Gasteiger partial charge in [0, 0.05) is 12.3 Å². The number of carbonyl (C=O) groups excluding carboxylic acids is 1. The van der Waals surface area contributed by atoms with Gasteiger partial charge in [0.05, 0.1) is 24.0 Å². The Balaban J connectivity index is 1.94. The lowest BCUT2D eigenvalue weighted by Crippen LogP contribution is -2.19. The quantitative estimate of drug-likeness (QED) is 0.799. The van der Waals surface area contributed by atoms with E-state index in [-0.39, 0.29) is 6.03 Å². The number of carbonyl (C=O) groups is 1. The van der Waals surface area contributed by atoms with Crippen molar-refractivity contribution >= 4 is 29.1 Å². The van der Waals surface area contributed by atoms with Gasteiger partial charge in [-0.25, -0.2) is 9.78 Å². The van der Waals surface area contributed by atoms with E-state index >= 15 is 0 Å². The van der Waals surface area contributed by atoms with Crippen LogP contribution in [0, 0.1) is 0 Å². The molecule has 0 spiro atoms. The fraction of sp³-hybridized carbons (Fsp3) is 0.0909. The van der Waals surface area contributed by atoms with Crippen LogP contribution >= 0.6 is 11.6 Å². The molecule has 0 aliphatic heterocycles. The van der Waals surface area contributed by atoms with Gasteiger partial charge >= 0.3 is 6.03 Å². The van der Waals surface area contributed by atoms with E-state index in [2.05, 4.69) is 20.6 Å². The third-order valence-corrected chi connectivity index (χ3v) is 2.32. The highest BCUT2D eigenvalue weighted by molar-refractivity contribution is 6.30. The maximum Gasteiger partial charge on any atom is 0.324 e. The summed E-state index contributed by atoms with van der Waals surface area (Å²) in [5, 5.41) is 5.73. The lowest BCUT2D eigenvalue weighted by molar-refractivity contribution is 0.262. The molecule has 2 aromatic heterocycles. The van der Waals surface area contributed by atoms with Gasteiger partial charge in [0.2, 0.25) is 5.88 Å². The van der Waals surface area contributed by atoms with E-state index < -0.39 is 0 Å². The Morgan fingerprint density at radius 1 is 1.44 bits per heavy atom. The molecule has 0 aliphatic carbocycles. The molecule has 0 saturated carbocycles. The first-order valence-electron chi connectivity index (χ1n) is 5.09. The molecule has 94 valence electrons. The minimum Gasteiger partial charge on any atom is -0.481 e. The molecule has 0 radical (unpaired) electrons. The number of methoxy groups -OCH3 is 1. The fourth-order valence-corrected chi connectivity index (χ4v) is 1.46. The molecule has 0 unspecified atom stereocenters. The number of urea groups is 1. The Bertz CT molecular complexity index is 538. The molecule has 2 amide bonds. The second-order valence-electron chi connectivity index (χ2n) is 3.40. The largest absolute Gasteiger partial charge is 0.481 e. The van der Waals surface area contributed by atoms with E-state index in [9.17, 15) is 4.79 Å². The van der Waals surface area contributed by atoms with E-state index in [0.717, 1.165) is 0 Å². The van der Waals surface area contributed by atoms with E-state index in [4.69, 9.17) is 16.3 Å². The Hall–Kier alpha value is -2.21. The van der Waals surface area contributed by atoms with Gasteiger partial charge in [-0.15, -0.1) is 0 Å². The molecule has 18 heavy (non-hydrogen) atoms. The van der Waals surface area contributed by atoms with Crippen molar-refractivity contribution in [2.75, 3.05) is 17.7 Å². The Morgan fingerprint density at radius 2 is 2.28 bits per heavy atom. The summed E-state index contributed by atoms with van der Waals surface area (Å²) in [7, 11) is 1.52. The maximum absolute atomic E-state index is 11.6. The summed E-state index contributed by atoms with van der Waals surface area (Å²) in [6.07, 6.45) is 3.08. The first-order chi connectivity index (χ1) is 8.67. The predicted octanol–water partition coefficient (Wildman–Crippen LogP) is 2.72. The van der Waals surface area contributed by atoms with Crippen LogP contribution in [-0.4, -0.2) is 23.1 Å². The van der Waals surface area contributed by atoms with Gasteiger partial charge in [-0.05, 0) is 12.1 Å². The summed E-state index contributed by atoms with van der Waals surface area (Å²) in [5.74, 6) is 0.996.